The summed E-state index contributed by atoms with van der Waals surface area (Å²) in [5.74, 6) is 2.08. The van der Waals surface area contributed by atoms with Crippen molar-refractivity contribution in [3.63, 3.8) is 0 Å². The third kappa shape index (κ3) is 4.12. The zero-order chi connectivity index (χ0) is 21.6. The molecule has 1 amide bonds. The first-order chi connectivity index (χ1) is 15.2. The summed E-state index contributed by atoms with van der Waals surface area (Å²) in [5, 5.41) is 5.36. The maximum atomic E-state index is 13.1. The minimum absolute atomic E-state index is 0.182. The Kier molecular flexibility index (Phi) is 5.96. The fourth-order valence-electron chi connectivity index (χ4n) is 3.93. The number of terminal acetylenes is 1. The molecule has 0 aliphatic carbocycles. The number of carbonyl (C=O) groups excluding carboxylic acids is 1. The number of rotatable bonds is 6. The normalized spacial score (nSPS) is 11.1. The summed E-state index contributed by atoms with van der Waals surface area (Å²) in [7, 11) is 0. The van der Waals surface area contributed by atoms with Gasteiger partial charge in [-0.05, 0) is 24.1 Å². The Labute approximate surface area is 182 Å². The summed E-state index contributed by atoms with van der Waals surface area (Å²) in [6, 6.07) is 27.5. The van der Waals surface area contributed by atoms with Gasteiger partial charge in [-0.3, -0.25) is 4.79 Å². The number of amides is 1. The van der Waals surface area contributed by atoms with E-state index in [2.05, 4.69) is 21.0 Å². The zero-order valence-electron chi connectivity index (χ0n) is 17.3. The largest absolute Gasteiger partial charge is 0.333 e. The van der Waals surface area contributed by atoms with Gasteiger partial charge in [0.1, 0.15) is 0 Å². The molecule has 1 N–H and O–H groups in total. The Morgan fingerprint density at radius 2 is 1.58 bits per heavy atom. The van der Waals surface area contributed by atoms with Crippen LogP contribution in [0, 0.1) is 19.3 Å². The molecule has 0 bridgehead atoms. The molecular formula is C27H23N3O. The van der Waals surface area contributed by atoms with E-state index < -0.39 is 5.92 Å². The topological polar surface area (TPSA) is 46.4 Å². The number of hydrogen-bond acceptors (Lipinski definition) is 2. The SMILES string of the molecule is C#CCn1c(C)c(/C=N\NC(=O)C(c2ccccc2)c2ccccc2)c2ccccc21. The van der Waals surface area contributed by atoms with E-state index in [1.54, 1.807) is 6.21 Å². The average molecular weight is 406 g/mol. The van der Waals surface area contributed by atoms with Crippen molar-refractivity contribution in [1.29, 1.82) is 0 Å². The number of fused-ring (bicyclic) bond motifs is 1. The highest BCUT2D eigenvalue weighted by molar-refractivity contribution is 6.01. The summed E-state index contributed by atoms with van der Waals surface area (Å²) in [6.07, 6.45) is 7.26. The molecule has 3 aromatic carbocycles. The van der Waals surface area contributed by atoms with Crippen molar-refractivity contribution in [1.82, 2.24) is 9.99 Å². The van der Waals surface area contributed by atoms with Gasteiger partial charge in [-0.25, -0.2) is 5.43 Å². The Morgan fingerprint density at radius 3 is 2.19 bits per heavy atom. The molecule has 4 nitrogen and oxygen atoms in total. The van der Waals surface area contributed by atoms with E-state index in [-0.39, 0.29) is 5.91 Å². The Hall–Kier alpha value is -4.10. The number of hydrogen-bond donors (Lipinski definition) is 1. The van der Waals surface area contributed by atoms with Crippen LogP contribution in [0.3, 0.4) is 0 Å². The van der Waals surface area contributed by atoms with Crippen molar-refractivity contribution in [3.05, 3.63) is 107 Å². The molecule has 1 heterocycles. The van der Waals surface area contributed by atoms with E-state index in [4.69, 9.17) is 6.42 Å². The first kappa shape index (κ1) is 20.2. The van der Waals surface area contributed by atoms with Gasteiger partial charge in [0.15, 0.2) is 0 Å². The van der Waals surface area contributed by atoms with Gasteiger partial charge in [-0.2, -0.15) is 5.10 Å². The summed E-state index contributed by atoms with van der Waals surface area (Å²) in [4.78, 5) is 13.1. The van der Waals surface area contributed by atoms with Crippen LogP contribution in [0.5, 0.6) is 0 Å². The fraction of sp³-hybridized carbons (Fsp3) is 0.111. The first-order valence-corrected chi connectivity index (χ1v) is 10.1. The van der Waals surface area contributed by atoms with Crippen molar-refractivity contribution in [2.24, 2.45) is 5.10 Å². The summed E-state index contributed by atoms with van der Waals surface area (Å²) < 4.78 is 2.08. The maximum absolute atomic E-state index is 13.1. The second kappa shape index (κ2) is 9.15. The number of nitrogens with one attached hydrogen (secondary N) is 1. The monoisotopic (exact) mass is 405 g/mol. The van der Waals surface area contributed by atoms with Gasteiger partial charge in [0, 0.05) is 22.2 Å². The number of hydrazone groups is 1. The minimum Gasteiger partial charge on any atom is -0.333 e. The molecule has 4 aromatic rings. The van der Waals surface area contributed by atoms with Crippen molar-refractivity contribution < 1.29 is 4.79 Å². The van der Waals surface area contributed by atoms with Crippen molar-refractivity contribution in [2.45, 2.75) is 19.4 Å². The molecule has 0 aliphatic rings. The van der Waals surface area contributed by atoms with Crippen LogP contribution in [0.15, 0.2) is 90.0 Å². The number of benzene rings is 3. The molecule has 152 valence electrons. The molecule has 0 saturated heterocycles. The van der Waals surface area contributed by atoms with Crippen molar-refractivity contribution in [3.8, 4) is 12.3 Å². The van der Waals surface area contributed by atoms with Crippen LogP contribution in [0.1, 0.15) is 28.3 Å². The van der Waals surface area contributed by atoms with E-state index in [9.17, 15) is 4.79 Å². The van der Waals surface area contributed by atoms with Crippen LogP contribution in [-0.4, -0.2) is 16.7 Å². The van der Waals surface area contributed by atoms with Gasteiger partial charge in [-0.15, -0.1) is 6.42 Å². The predicted molar refractivity (Wildman–Crippen MR) is 126 cm³/mol. The van der Waals surface area contributed by atoms with Gasteiger partial charge in [0.2, 0.25) is 0 Å². The lowest BCUT2D eigenvalue weighted by Gasteiger charge is -2.16. The smallest absolute Gasteiger partial charge is 0.252 e. The summed E-state index contributed by atoms with van der Waals surface area (Å²) in [6.45, 7) is 2.49. The van der Waals surface area contributed by atoms with Gasteiger partial charge in [-0.1, -0.05) is 84.8 Å². The third-order valence-electron chi connectivity index (χ3n) is 5.43. The zero-order valence-corrected chi connectivity index (χ0v) is 17.3. The molecule has 4 rings (SSSR count). The lowest BCUT2D eigenvalue weighted by atomic mass is 9.91. The first-order valence-electron chi connectivity index (χ1n) is 10.1. The Balaban J connectivity index is 1.63. The molecule has 0 aliphatic heterocycles. The Morgan fingerprint density at radius 1 is 1.00 bits per heavy atom. The molecular weight excluding hydrogens is 382 g/mol. The van der Waals surface area contributed by atoms with Crippen LogP contribution in [-0.2, 0) is 11.3 Å². The van der Waals surface area contributed by atoms with Crippen LogP contribution in [0.2, 0.25) is 0 Å². The van der Waals surface area contributed by atoms with Crippen LogP contribution < -0.4 is 5.43 Å². The maximum Gasteiger partial charge on any atom is 0.252 e. The summed E-state index contributed by atoms with van der Waals surface area (Å²) >= 11 is 0. The molecule has 0 unspecified atom stereocenters. The molecule has 0 fully saturated rings. The average Bonchev–Trinajstić information content (AvgIpc) is 3.07. The van der Waals surface area contributed by atoms with Gasteiger partial charge < -0.3 is 4.57 Å². The van der Waals surface area contributed by atoms with Crippen LogP contribution in [0.25, 0.3) is 10.9 Å². The number of para-hydroxylation sites is 1. The molecule has 0 spiro atoms. The highest BCUT2D eigenvalue weighted by Crippen LogP contribution is 2.26. The number of carbonyl (C=O) groups is 1. The summed E-state index contributed by atoms with van der Waals surface area (Å²) in [5.41, 5.74) is 7.59. The second-order valence-corrected chi connectivity index (χ2v) is 7.30. The Bertz CT molecular complexity index is 1230. The van der Waals surface area contributed by atoms with E-state index in [0.717, 1.165) is 33.3 Å². The molecule has 1 aromatic heterocycles. The lowest BCUT2D eigenvalue weighted by Crippen LogP contribution is -2.26. The molecule has 31 heavy (non-hydrogen) atoms. The second-order valence-electron chi connectivity index (χ2n) is 7.30. The van der Waals surface area contributed by atoms with Gasteiger partial charge in [0.05, 0.1) is 18.7 Å². The predicted octanol–water partition coefficient (Wildman–Crippen LogP) is 4.87. The van der Waals surface area contributed by atoms with E-state index in [1.807, 2.05) is 91.9 Å². The van der Waals surface area contributed by atoms with E-state index in [0.29, 0.717) is 6.54 Å². The van der Waals surface area contributed by atoms with E-state index >= 15 is 0 Å². The standard InChI is InChI=1S/C27H23N3O/c1-3-18-30-20(2)24(23-16-10-11-17-25(23)30)19-28-29-27(31)26(21-12-6-4-7-13-21)22-14-8-5-9-15-22/h1,4-17,19,26H,18H2,2H3,(H,29,31)/b28-19-. The highest BCUT2D eigenvalue weighted by atomic mass is 16.2. The van der Waals surface area contributed by atoms with Gasteiger partial charge >= 0.3 is 0 Å². The van der Waals surface area contributed by atoms with E-state index in [1.165, 1.54) is 0 Å². The quantitative estimate of drug-likeness (QED) is 0.278. The highest BCUT2D eigenvalue weighted by Gasteiger charge is 2.22. The minimum atomic E-state index is -0.441. The lowest BCUT2D eigenvalue weighted by molar-refractivity contribution is -0.121. The van der Waals surface area contributed by atoms with Crippen LogP contribution in [0.4, 0.5) is 0 Å². The van der Waals surface area contributed by atoms with Gasteiger partial charge in [0.25, 0.3) is 5.91 Å². The van der Waals surface area contributed by atoms with Crippen molar-refractivity contribution in [2.75, 3.05) is 0 Å². The molecule has 0 radical (unpaired) electrons. The molecule has 4 heteroatoms. The third-order valence-corrected chi connectivity index (χ3v) is 5.43. The van der Waals surface area contributed by atoms with Crippen LogP contribution >= 0.6 is 0 Å². The number of nitrogens with zero attached hydrogens (tertiary/aromatic N) is 2. The molecule has 0 saturated carbocycles. The number of aromatic nitrogens is 1. The van der Waals surface area contributed by atoms with Crippen molar-refractivity contribution >= 4 is 23.0 Å². The fourth-order valence-corrected chi connectivity index (χ4v) is 3.93. The molecule has 0 atom stereocenters.